The molecule has 0 unspecified atom stereocenters. The lowest BCUT2D eigenvalue weighted by molar-refractivity contribution is 0.102. The average Bonchev–Trinajstić information content (AvgIpc) is 2.80. The molecule has 19 heavy (non-hydrogen) atoms. The van der Waals surface area contributed by atoms with Crippen molar-refractivity contribution in [2.75, 3.05) is 11.1 Å². The van der Waals surface area contributed by atoms with E-state index in [2.05, 4.69) is 10.4 Å². The minimum absolute atomic E-state index is 0.167. The minimum Gasteiger partial charge on any atom is -0.398 e. The summed E-state index contributed by atoms with van der Waals surface area (Å²) in [4.78, 5) is 12.1. The molecule has 1 amide bonds. The summed E-state index contributed by atoms with van der Waals surface area (Å²) in [6.07, 6.45) is 1.64. The van der Waals surface area contributed by atoms with Crippen molar-refractivity contribution in [3.63, 3.8) is 0 Å². The lowest BCUT2D eigenvalue weighted by Crippen LogP contribution is -2.16. The van der Waals surface area contributed by atoms with Crippen molar-refractivity contribution in [2.45, 2.75) is 19.9 Å². The first-order valence-electron chi connectivity index (χ1n) is 5.89. The molecule has 0 aliphatic carbocycles. The van der Waals surface area contributed by atoms with Crippen LogP contribution in [0.15, 0.2) is 30.5 Å². The predicted octanol–water partition coefficient (Wildman–Crippen LogP) is 2.95. The Bertz CT molecular complexity index is 606. The first-order valence-corrected chi connectivity index (χ1v) is 6.26. The standard InChI is InChI=1S/C13H15ClN4O/c1-8(2)18-12(5-6-16-18)17-13(19)9-3-4-11(15)10(14)7-9/h3-8H,15H2,1-2H3,(H,17,19). The molecule has 0 bridgehead atoms. The molecule has 0 atom stereocenters. The number of nitrogens with two attached hydrogens (primary N) is 1. The molecule has 0 spiro atoms. The van der Waals surface area contributed by atoms with E-state index in [1.165, 1.54) is 0 Å². The fourth-order valence-electron chi connectivity index (χ4n) is 1.68. The first kappa shape index (κ1) is 13.4. The zero-order valence-electron chi connectivity index (χ0n) is 10.7. The lowest BCUT2D eigenvalue weighted by atomic mass is 10.2. The van der Waals surface area contributed by atoms with Crippen molar-refractivity contribution >= 4 is 29.0 Å². The van der Waals surface area contributed by atoms with E-state index < -0.39 is 0 Å². The Kier molecular flexibility index (Phi) is 3.76. The summed E-state index contributed by atoms with van der Waals surface area (Å²) < 4.78 is 1.73. The van der Waals surface area contributed by atoms with Gasteiger partial charge >= 0.3 is 0 Å². The van der Waals surface area contributed by atoms with Crippen LogP contribution >= 0.6 is 11.6 Å². The second-order valence-corrected chi connectivity index (χ2v) is 4.85. The van der Waals surface area contributed by atoms with E-state index in [0.29, 0.717) is 22.1 Å². The van der Waals surface area contributed by atoms with E-state index in [4.69, 9.17) is 17.3 Å². The van der Waals surface area contributed by atoms with Gasteiger partial charge in [0.15, 0.2) is 0 Å². The summed E-state index contributed by atoms with van der Waals surface area (Å²) in [5, 5.41) is 7.31. The summed E-state index contributed by atoms with van der Waals surface area (Å²) in [7, 11) is 0. The van der Waals surface area contributed by atoms with Crippen LogP contribution < -0.4 is 11.1 Å². The van der Waals surface area contributed by atoms with Crippen LogP contribution in [0.4, 0.5) is 11.5 Å². The quantitative estimate of drug-likeness (QED) is 0.848. The average molecular weight is 279 g/mol. The van der Waals surface area contributed by atoms with Crippen LogP contribution in [-0.2, 0) is 0 Å². The van der Waals surface area contributed by atoms with Gasteiger partial charge in [-0.25, -0.2) is 4.68 Å². The van der Waals surface area contributed by atoms with Gasteiger partial charge in [0.25, 0.3) is 5.91 Å². The minimum atomic E-state index is -0.246. The molecule has 1 aromatic heterocycles. The fraction of sp³-hybridized carbons (Fsp3) is 0.231. The van der Waals surface area contributed by atoms with Gasteiger partial charge < -0.3 is 11.1 Å². The van der Waals surface area contributed by atoms with Gasteiger partial charge in [-0.05, 0) is 32.0 Å². The van der Waals surface area contributed by atoms with Gasteiger partial charge in [-0.15, -0.1) is 0 Å². The normalized spacial score (nSPS) is 10.7. The Morgan fingerprint density at radius 3 is 2.79 bits per heavy atom. The van der Waals surface area contributed by atoms with Gasteiger partial charge in [0.2, 0.25) is 0 Å². The molecular weight excluding hydrogens is 264 g/mol. The highest BCUT2D eigenvalue weighted by molar-refractivity contribution is 6.33. The van der Waals surface area contributed by atoms with Crippen molar-refractivity contribution in [3.05, 3.63) is 41.0 Å². The molecule has 0 aliphatic rings. The highest BCUT2D eigenvalue weighted by atomic mass is 35.5. The summed E-state index contributed by atoms with van der Waals surface area (Å²) >= 11 is 5.90. The van der Waals surface area contributed by atoms with E-state index in [9.17, 15) is 4.79 Å². The molecule has 2 aromatic rings. The number of nitrogens with one attached hydrogen (secondary N) is 1. The van der Waals surface area contributed by atoms with Gasteiger partial charge in [-0.1, -0.05) is 11.6 Å². The summed E-state index contributed by atoms with van der Waals surface area (Å²) in [6.45, 7) is 3.98. The van der Waals surface area contributed by atoms with Crippen LogP contribution in [0.1, 0.15) is 30.2 Å². The SMILES string of the molecule is CC(C)n1nccc1NC(=O)c1ccc(N)c(Cl)c1. The van der Waals surface area contributed by atoms with E-state index in [1.807, 2.05) is 13.8 Å². The highest BCUT2D eigenvalue weighted by Gasteiger charge is 2.12. The molecule has 1 aromatic carbocycles. The molecule has 6 heteroatoms. The van der Waals surface area contributed by atoms with Crippen molar-refractivity contribution in [3.8, 4) is 0 Å². The molecule has 0 saturated carbocycles. The van der Waals surface area contributed by atoms with E-state index >= 15 is 0 Å². The van der Waals surface area contributed by atoms with Gasteiger partial charge in [-0.3, -0.25) is 4.79 Å². The van der Waals surface area contributed by atoms with Crippen molar-refractivity contribution < 1.29 is 4.79 Å². The number of anilines is 2. The van der Waals surface area contributed by atoms with Crippen molar-refractivity contribution in [2.24, 2.45) is 0 Å². The second-order valence-electron chi connectivity index (χ2n) is 4.45. The van der Waals surface area contributed by atoms with Crippen LogP contribution in [0.2, 0.25) is 5.02 Å². The first-order chi connectivity index (χ1) is 8.99. The molecule has 3 N–H and O–H groups in total. The molecule has 0 aliphatic heterocycles. The van der Waals surface area contributed by atoms with E-state index in [1.54, 1.807) is 35.1 Å². The fourth-order valence-corrected chi connectivity index (χ4v) is 1.86. The number of amides is 1. The van der Waals surface area contributed by atoms with Crippen molar-refractivity contribution in [1.82, 2.24) is 9.78 Å². The molecule has 5 nitrogen and oxygen atoms in total. The summed E-state index contributed by atoms with van der Waals surface area (Å²) in [5.74, 6) is 0.400. The second kappa shape index (κ2) is 5.32. The maximum Gasteiger partial charge on any atom is 0.256 e. The van der Waals surface area contributed by atoms with E-state index in [-0.39, 0.29) is 11.9 Å². The zero-order valence-corrected chi connectivity index (χ0v) is 11.5. The number of rotatable bonds is 3. The van der Waals surface area contributed by atoms with Gasteiger partial charge in [0.05, 0.1) is 16.9 Å². The third kappa shape index (κ3) is 2.88. The topological polar surface area (TPSA) is 72.9 Å². The molecule has 1 heterocycles. The van der Waals surface area contributed by atoms with Gasteiger partial charge in [0, 0.05) is 17.7 Å². The van der Waals surface area contributed by atoms with Crippen LogP contribution in [-0.4, -0.2) is 15.7 Å². The molecule has 2 rings (SSSR count). The Hall–Kier alpha value is -2.01. The molecule has 0 fully saturated rings. The molecular formula is C13H15ClN4O. The third-order valence-electron chi connectivity index (χ3n) is 2.66. The largest absolute Gasteiger partial charge is 0.398 e. The number of halogens is 1. The monoisotopic (exact) mass is 278 g/mol. The molecule has 100 valence electrons. The number of carbonyl (C=O) groups excluding carboxylic acids is 1. The third-order valence-corrected chi connectivity index (χ3v) is 2.99. The van der Waals surface area contributed by atoms with E-state index in [0.717, 1.165) is 0 Å². The number of hydrogen-bond donors (Lipinski definition) is 2. The van der Waals surface area contributed by atoms with Crippen LogP contribution in [0.3, 0.4) is 0 Å². The molecule has 0 saturated heterocycles. The maximum absolute atomic E-state index is 12.1. The van der Waals surface area contributed by atoms with Crippen LogP contribution in [0.5, 0.6) is 0 Å². The van der Waals surface area contributed by atoms with Crippen LogP contribution in [0.25, 0.3) is 0 Å². The maximum atomic E-state index is 12.1. The number of carbonyl (C=O) groups is 1. The van der Waals surface area contributed by atoms with Gasteiger partial charge in [-0.2, -0.15) is 5.10 Å². The Morgan fingerprint density at radius 2 is 2.16 bits per heavy atom. The van der Waals surface area contributed by atoms with Crippen molar-refractivity contribution in [1.29, 1.82) is 0 Å². The number of nitrogens with zero attached hydrogens (tertiary/aromatic N) is 2. The van der Waals surface area contributed by atoms with Gasteiger partial charge in [0.1, 0.15) is 5.82 Å². The zero-order chi connectivity index (χ0) is 14.0. The Balaban J connectivity index is 2.21. The number of nitrogen functional groups attached to an aromatic ring is 1. The Morgan fingerprint density at radius 1 is 1.42 bits per heavy atom. The molecule has 0 radical (unpaired) electrons. The number of hydrogen-bond acceptors (Lipinski definition) is 3. The van der Waals surface area contributed by atoms with Crippen LogP contribution in [0, 0.1) is 0 Å². The summed E-state index contributed by atoms with van der Waals surface area (Å²) in [5.41, 5.74) is 6.51. The lowest BCUT2D eigenvalue weighted by Gasteiger charge is -2.12. The summed E-state index contributed by atoms with van der Waals surface area (Å²) in [6, 6.07) is 6.70. The highest BCUT2D eigenvalue weighted by Crippen LogP contribution is 2.21. The number of benzene rings is 1. The predicted molar refractivity (Wildman–Crippen MR) is 76.4 cm³/mol. The Labute approximate surface area is 116 Å². The number of aromatic nitrogens is 2. The smallest absolute Gasteiger partial charge is 0.256 e.